The number of fused-ring (bicyclic) bond motifs is 5. The van der Waals surface area contributed by atoms with Crippen molar-refractivity contribution in [1.82, 2.24) is 0 Å². The minimum Gasteiger partial charge on any atom is -0.481 e. The average molecular weight is 219 g/mol. The van der Waals surface area contributed by atoms with Gasteiger partial charge in [0.05, 0.1) is 0 Å². The van der Waals surface area contributed by atoms with E-state index in [1.807, 2.05) is 6.42 Å². The fraction of sp³-hybridized carbons (Fsp3) is 0.714. The van der Waals surface area contributed by atoms with Gasteiger partial charge >= 0.3 is 5.97 Å². The Morgan fingerprint density at radius 3 is 2.69 bits per heavy atom. The SMILES string of the molecule is O=C(O)C[CH]C1CCC2C3C=CC(C3)C2C1. The average Bonchev–Trinajstić information content (AvgIpc) is 2.87. The standard InChI is InChI=1S/C14H19O2/c15-14(16)6-2-9-1-5-12-10-3-4-11(8-10)13(12)7-9/h2-4,9-13H,1,5-8H2,(H,15,16). The molecule has 2 heteroatoms. The molecule has 0 aliphatic heterocycles. The molecule has 3 rings (SSSR count). The predicted molar refractivity (Wildman–Crippen MR) is 61.6 cm³/mol. The topological polar surface area (TPSA) is 37.3 Å². The van der Waals surface area contributed by atoms with Crippen LogP contribution in [0.3, 0.4) is 0 Å². The quantitative estimate of drug-likeness (QED) is 0.741. The van der Waals surface area contributed by atoms with E-state index in [0.29, 0.717) is 5.92 Å². The number of allylic oxidation sites excluding steroid dienone is 2. The minimum absolute atomic E-state index is 0.242. The molecule has 0 amide bonds. The summed E-state index contributed by atoms with van der Waals surface area (Å²) in [5.41, 5.74) is 0. The van der Waals surface area contributed by atoms with Crippen LogP contribution in [0.5, 0.6) is 0 Å². The van der Waals surface area contributed by atoms with Gasteiger partial charge in [0.15, 0.2) is 0 Å². The lowest BCUT2D eigenvalue weighted by Crippen LogP contribution is -2.28. The lowest BCUT2D eigenvalue weighted by molar-refractivity contribution is -0.136. The van der Waals surface area contributed by atoms with Gasteiger partial charge in [-0.05, 0) is 61.7 Å². The van der Waals surface area contributed by atoms with Gasteiger partial charge in [-0.3, -0.25) is 4.79 Å². The first-order valence-corrected chi connectivity index (χ1v) is 6.47. The molecule has 1 N–H and O–H groups in total. The first kappa shape index (κ1) is 10.4. The fourth-order valence-corrected chi connectivity index (χ4v) is 4.16. The van der Waals surface area contributed by atoms with Crippen molar-refractivity contribution >= 4 is 5.97 Å². The molecule has 0 aromatic rings. The summed E-state index contributed by atoms with van der Waals surface area (Å²) >= 11 is 0. The van der Waals surface area contributed by atoms with E-state index in [1.165, 1.54) is 25.7 Å². The van der Waals surface area contributed by atoms with E-state index in [0.717, 1.165) is 23.7 Å². The summed E-state index contributed by atoms with van der Waals surface area (Å²) in [4.78, 5) is 10.6. The number of hydrogen-bond donors (Lipinski definition) is 1. The van der Waals surface area contributed by atoms with Crippen molar-refractivity contribution in [3.63, 3.8) is 0 Å². The molecule has 2 saturated carbocycles. The lowest BCUT2D eigenvalue weighted by atomic mass is 9.68. The van der Waals surface area contributed by atoms with Crippen molar-refractivity contribution in [3.05, 3.63) is 18.6 Å². The lowest BCUT2D eigenvalue weighted by Gasteiger charge is -2.36. The Bertz CT molecular complexity index is 321. The Hall–Kier alpha value is -0.790. The van der Waals surface area contributed by atoms with Crippen molar-refractivity contribution in [2.75, 3.05) is 0 Å². The third-order valence-corrected chi connectivity index (χ3v) is 4.87. The van der Waals surface area contributed by atoms with Crippen LogP contribution >= 0.6 is 0 Å². The van der Waals surface area contributed by atoms with Crippen molar-refractivity contribution in [2.24, 2.45) is 29.6 Å². The monoisotopic (exact) mass is 219 g/mol. The molecule has 0 saturated heterocycles. The maximum atomic E-state index is 10.6. The molecule has 16 heavy (non-hydrogen) atoms. The number of carbonyl (C=O) groups is 1. The summed E-state index contributed by atoms with van der Waals surface area (Å²) < 4.78 is 0. The second kappa shape index (κ2) is 3.90. The number of carboxylic acids is 1. The number of hydrogen-bond acceptors (Lipinski definition) is 1. The molecule has 0 aromatic heterocycles. The molecule has 3 aliphatic rings. The molecule has 2 bridgehead atoms. The molecule has 2 nitrogen and oxygen atoms in total. The zero-order chi connectivity index (χ0) is 11.1. The molecule has 0 heterocycles. The molecule has 87 valence electrons. The van der Waals surface area contributed by atoms with Crippen molar-refractivity contribution in [3.8, 4) is 0 Å². The van der Waals surface area contributed by atoms with Gasteiger partial charge < -0.3 is 5.11 Å². The smallest absolute Gasteiger partial charge is 0.303 e. The second-order valence-corrected chi connectivity index (χ2v) is 5.68. The van der Waals surface area contributed by atoms with Gasteiger partial charge in [0.2, 0.25) is 0 Å². The maximum absolute atomic E-state index is 10.6. The third-order valence-electron chi connectivity index (χ3n) is 4.87. The van der Waals surface area contributed by atoms with E-state index in [4.69, 9.17) is 5.11 Å². The van der Waals surface area contributed by atoms with Gasteiger partial charge in [-0.15, -0.1) is 0 Å². The van der Waals surface area contributed by atoms with Gasteiger partial charge in [0, 0.05) is 6.42 Å². The predicted octanol–water partition coefficient (Wildman–Crippen LogP) is 2.90. The summed E-state index contributed by atoms with van der Waals surface area (Å²) in [5, 5.41) is 8.69. The van der Waals surface area contributed by atoms with E-state index in [9.17, 15) is 4.79 Å². The van der Waals surface area contributed by atoms with E-state index >= 15 is 0 Å². The Morgan fingerprint density at radius 2 is 1.94 bits per heavy atom. The Kier molecular flexibility index (Phi) is 2.53. The van der Waals surface area contributed by atoms with Crippen LogP contribution in [-0.4, -0.2) is 11.1 Å². The highest BCUT2D eigenvalue weighted by Gasteiger charge is 2.46. The first-order valence-electron chi connectivity index (χ1n) is 6.47. The van der Waals surface area contributed by atoms with Crippen LogP contribution in [0.2, 0.25) is 0 Å². The highest BCUT2D eigenvalue weighted by Crippen LogP contribution is 2.55. The van der Waals surface area contributed by atoms with Crippen molar-refractivity contribution < 1.29 is 9.90 Å². The molecular formula is C14H19O2. The van der Waals surface area contributed by atoms with Crippen molar-refractivity contribution in [2.45, 2.75) is 32.1 Å². The summed E-state index contributed by atoms with van der Waals surface area (Å²) in [6, 6.07) is 0. The largest absolute Gasteiger partial charge is 0.481 e. The number of carboxylic acid groups (broad SMARTS) is 1. The van der Waals surface area contributed by atoms with E-state index in [-0.39, 0.29) is 6.42 Å². The fourth-order valence-electron chi connectivity index (χ4n) is 4.16. The summed E-state index contributed by atoms with van der Waals surface area (Å²) in [7, 11) is 0. The van der Waals surface area contributed by atoms with Gasteiger partial charge in [-0.25, -0.2) is 0 Å². The Morgan fingerprint density at radius 1 is 1.19 bits per heavy atom. The molecule has 0 spiro atoms. The highest BCUT2D eigenvalue weighted by atomic mass is 16.4. The van der Waals surface area contributed by atoms with Crippen LogP contribution in [0.25, 0.3) is 0 Å². The van der Waals surface area contributed by atoms with Crippen LogP contribution in [0.4, 0.5) is 0 Å². The molecule has 2 fully saturated rings. The zero-order valence-corrected chi connectivity index (χ0v) is 9.51. The van der Waals surface area contributed by atoms with Gasteiger partial charge in [-0.1, -0.05) is 12.2 Å². The highest BCUT2D eigenvalue weighted by molar-refractivity contribution is 5.68. The minimum atomic E-state index is -0.685. The summed E-state index contributed by atoms with van der Waals surface area (Å²) in [5.74, 6) is 3.33. The summed E-state index contributed by atoms with van der Waals surface area (Å²) in [6.07, 6.45) is 12.3. The van der Waals surface area contributed by atoms with Gasteiger partial charge in [0.25, 0.3) is 0 Å². The van der Waals surface area contributed by atoms with Crippen molar-refractivity contribution in [1.29, 1.82) is 0 Å². The van der Waals surface area contributed by atoms with Gasteiger partial charge in [-0.2, -0.15) is 0 Å². The number of aliphatic carboxylic acids is 1. The van der Waals surface area contributed by atoms with E-state index < -0.39 is 5.97 Å². The van der Waals surface area contributed by atoms with Crippen LogP contribution in [0, 0.1) is 36.0 Å². The maximum Gasteiger partial charge on any atom is 0.303 e. The second-order valence-electron chi connectivity index (χ2n) is 5.68. The van der Waals surface area contributed by atoms with Crippen LogP contribution in [0.1, 0.15) is 32.1 Å². The van der Waals surface area contributed by atoms with E-state index in [2.05, 4.69) is 12.2 Å². The third kappa shape index (κ3) is 1.68. The molecular weight excluding hydrogens is 200 g/mol. The van der Waals surface area contributed by atoms with Crippen LogP contribution in [0.15, 0.2) is 12.2 Å². The van der Waals surface area contributed by atoms with E-state index in [1.54, 1.807) is 0 Å². The normalized spacial score (nSPS) is 44.6. The Balaban J connectivity index is 1.59. The molecule has 1 radical (unpaired) electrons. The number of rotatable bonds is 3. The Labute approximate surface area is 96.7 Å². The van der Waals surface area contributed by atoms with Crippen LogP contribution < -0.4 is 0 Å². The molecule has 0 aromatic carbocycles. The zero-order valence-electron chi connectivity index (χ0n) is 9.51. The molecule has 3 aliphatic carbocycles. The van der Waals surface area contributed by atoms with Gasteiger partial charge in [0.1, 0.15) is 0 Å². The molecule has 5 unspecified atom stereocenters. The first-order chi connectivity index (χ1) is 7.74. The molecule has 5 atom stereocenters. The van der Waals surface area contributed by atoms with Crippen LogP contribution in [-0.2, 0) is 4.79 Å². The summed E-state index contributed by atoms with van der Waals surface area (Å²) in [6.45, 7) is 0.